The number of halogens is 1. The van der Waals surface area contributed by atoms with Crippen molar-refractivity contribution in [1.29, 1.82) is 0 Å². The van der Waals surface area contributed by atoms with Gasteiger partial charge in [-0.2, -0.15) is 0 Å². The quantitative estimate of drug-likeness (QED) is 0.926. The molecule has 21 heavy (non-hydrogen) atoms. The van der Waals surface area contributed by atoms with Gasteiger partial charge in [-0.1, -0.05) is 11.6 Å². The van der Waals surface area contributed by atoms with Gasteiger partial charge >= 0.3 is 6.09 Å². The van der Waals surface area contributed by atoms with Gasteiger partial charge in [0, 0.05) is 22.5 Å². The number of carbonyl (C=O) groups excluding carboxylic acids is 1. The number of amides is 1. The second-order valence-electron chi connectivity index (χ2n) is 4.93. The first-order chi connectivity index (χ1) is 10.2. The third kappa shape index (κ3) is 2.36. The molecule has 0 bridgehead atoms. The Morgan fingerprint density at radius 1 is 1.48 bits per heavy atom. The van der Waals surface area contributed by atoms with Crippen molar-refractivity contribution in [3.63, 3.8) is 0 Å². The first-order valence-corrected chi connectivity index (χ1v) is 7.27. The number of nitrogens with zero attached hydrogens (tertiary/aromatic N) is 1. The molecule has 0 radical (unpaired) electrons. The number of ether oxygens (including phenoxy) is 1. The Labute approximate surface area is 127 Å². The summed E-state index contributed by atoms with van der Waals surface area (Å²) >= 11 is 6.28. The van der Waals surface area contributed by atoms with Crippen LogP contribution in [0.25, 0.3) is 11.0 Å². The first kappa shape index (κ1) is 14.2. The van der Waals surface area contributed by atoms with Gasteiger partial charge in [0.1, 0.15) is 18.0 Å². The molecule has 0 saturated heterocycles. The van der Waals surface area contributed by atoms with Crippen molar-refractivity contribution in [3.05, 3.63) is 34.0 Å². The van der Waals surface area contributed by atoms with E-state index in [1.165, 1.54) is 0 Å². The molecule has 2 heterocycles. The predicted octanol–water partition coefficient (Wildman–Crippen LogP) is 3.09. The lowest BCUT2D eigenvalue weighted by atomic mass is 10.0. The molecule has 0 aliphatic carbocycles. The third-order valence-electron chi connectivity index (χ3n) is 3.74. The zero-order chi connectivity index (χ0) is 15.0. The Bertz CT molecular complexity index is 695. The third-order valence-corrected chi connectivity index (χ3v) is 4.09. The smallest absolute Gasteiger partial charge is 0.410 e. The molecule has 2 aromatic rings. The van der Waals surface area contributed by atoms with Crippen LogP contribution in [-0.2, 0) is 24.3 Å². The number of hydrogen-bond donors (Lipinski definition) is 1. The van der Waals surface area contributed by atoms with E-state index in [1.54, 1.807) is 24.0 Å². The van der Waals surface area contributed by atoms with Gasteiger partial charge in [0.05, 0.1) is 13.2 Å². The largest absolute Gasteiger partial charge is 0.458 e. The maximum absolute atomic E-state index is 12.0. The summed E-state index contributed by atoms with van der Waals surface area (Å²) in [7, 11) is 0. The molecule has 0 saturated carbocycles. The zero-order valence-corrected chi connectivity index (χ0v) is 12.4. The summed E-state index contributed by atoms with van der Waals surface area (Å²) in [5.41, 5.74) is 2.47. The molecule has 0 atom stereocenters. The molecule has 5 nitrogen and oxygen atoms in total. The highest BCUT2D eigenvalue weighted by Crippen LogP contribution is 2.36. The van der Waals surface area contributed by atoms with Crippen LogP contribution in [-0.4, -0.2) is 29.3 Å². The molecule has 1 aliphatic heterocycles. The van der Waals surface area contributed by atoms with E-state index >= 15 is 0 Å². The summed E-state index contributed by atoms with van der Waals surface area (Å²) in [6.07, 6.45) is 0.270. The molecule has 1 N–H and O–H groups in total. The minimum absolute atomic E-state index is 0.211. The molecule has 3 rings (SSSR count). The van der Waals surface area contributed by atoms with Gasteiger partial charge < -0.3 is 19.2 Å². The van der Waals surface area contributed by atoms with E-state index in [1.807, 2.05) is 0 Å². The van der Waals surface area contributed by atoms with E-state index in [9.17, 15) is 9.90 Å². The van der Waals surface area contributed by atoms with Gasteiger partial charge in [0.25, 0.3) is 0 Å². The number of hydrogen-bond acceptors (Lipinski definition) is 4. The molecule has 1 aromatic heterocycles. The molecule has 0 unspecified atom stereocenters. The van der Waals surface area contributed by atoms with Crippen LogP contribution in [0.2, 0.25) is 5.02 Å². The number of carbonyl (C=O) groups is 1. The number of furan rings is 1. The minimum Gasteiger partial charge on any atom is -0.458 e. The van der Waals surface area contributed by atoms with Crippen LogP contribution in [0.3, 0.4) is 0 Å². The van der Waals surface area contributed by atoms with Crippen LogP contribution < -0.4 is 0 Å². The van der Waals surface area contributed by atoms with Crippen molar-refractivity contribution in [2.75, 3.05) is 13.2 Å². The average molecular weight is 310 g/mol. The summed E-state index contributed by atoms with van der Waals surface area (Å²) in [6, 6.07) is 3.58. The zero-order valence-electron chi connectivity index (χ0n) is 11.7. The fourth-order valence-corrected chi connectivity index (χ4v) is 3.03. The molecule has 0 fully saturated rings. The molecular formula is C15H16ClNO4. The lowest BCUT2D eigenvalue weighted by Crippen LogP contribution is -2.32. The Kier molecular flexibility index (Phi) is 3.78. The van der Waals surface area contributed by atoms with Crippen LogP contribution >= 0.6 is 11.6 Å². The summed E-state index contributed by atoms with van der Waals surface area (Å²) in [6.45, 7) is 2.78. The predicted molar refractivity (Wildman–Crippen MR) is 78.3 cm³/mol. The van der Waals surface area contributed by atoms with Crippen LogP contribution in [0, 0.1) is 0 Å². The number of benzene rings is 1. The number of rotatable bonds is 2. The lowest BCUT2D eigenvalue weighted by Gasteiger charge is -2.19. The molecule has 0 spiro atoms. The monoisotopic (exact) mass is 309 g/mol. The van der Waals surface area contributed by atoms with Crippen LogP contribution in [0.4, 0.5) is 4.79 Å². The Morgan fingerprint density at radius 2 is 2.29 bits per heavy atom. The minimum atomic E-state index is -0.361. The van der Waals surface area contributed by atoms with E-state index in [4.69, 9.17) is 20.8 Å². The Balaban J connectivity index is 2.10. The molecule has 1 amide bonds. The highest BCUT2D eigenvalue weighted by atomic mass is 35.5. The molecular weight excluding hydrogens is 294 g/mol. The maximum Gasteiger partial charge on any atom is 0.410 e. The standard InChI is InChI=1S/C15H16ClNO4/c1-2-20-15(19)17-6-5-9-11(16)3-4-12-14(9)10(7-17)13(8-18)21-12/h3-4,18H,2,5-8H2,1H3. The van der Waals surface area contributed by atoms with Crippen molar-refractivity contribution >= 4 is 28.7 Å². The highest BCUT2D eigenvalue weighted by molar-refractivity contribution is 6.32. The fourth-order valence-electron chi connectivity index (χ4n) is 2.78. The van der Waals surface area contributed by atoms with Gasteiger partial charge in [0.2, 0.25) is 0 Å². The van der Waals surface area contributed by atoms with Gasteiger partial charge in [0.15, 0.2) is 0 Å². The first-order valence-electron chi connectivity index (χ1n) is 6.89. The van der Waals surface area contributed by atoms with Crippen molar-refractivity contribution in [2.45, 2.75) is 26.5 Å². The van der Waals surface area contributed by atoms with E-state index in [-0.39, 0.29) is 12.7 Å². The number of aliphatic hydroxyl groups is 1. The fraction of sp³-hybridized carbons (Fsp3) is 0.400. The topological polar surface area (TPSA) is 62.9 Å². The Morgan fingerprint density at radius 3 is 3.00 bits per heavy atom. The van der Waals surface area contributed by atoms with Crippen molar-refractivity contribution < 1.29 is 19.1 Å². The van der Waals surface area contributed by atoms with Crippen LogP contribution in [0.1, 0.15) is 23.8 Å². The summed E-state index contributed by atoms with van der Waals surface area (Å²) in [4.78, 5) is 13.6. The van der Waals surface area contributed by atoms with Crippen LogP contribution in [0.5, 0.6) is 0 Å². The summed E-state index contributed by atoms with van der Waals surface area (Å²) in [5.74, 6) is 0.477. The SMILES string of the molecule is CCOC(=O)N1CCc2c(Cl)ccc3oc(CO)c(c23)C1. The molecule has 1 aromatic carbocycles. The maximum atomic E-state index is 12.0. The summed E-state index contributed by atoms with van der Waals surface area (Å²) in [5, 5.41) is 11.1. The van der Waals surface area contributed by atoms with Crippen molar-refractivity contribution in [3.8, 4) is 0 Å². The van der Waals surface area contributed by atoms with Gasteiger partial charge in [-0.15, -0.1) is 0 Å². The van der Waals surface area contributed by atoms with E-state index in [2.05, 4.69) is 0 Å². The van der Waals surface area contributed by atoms with E-state index in [0.29, 0.717) is 42.5 Å². The normalized spacial score (nSPS) is 14.3. The highest BCUT2D eigenvalue weighted by Gasteiger charge is 2.27. The summed E-state index contributed by atoms with van der Waals surface area (Å²) < 4.78 is 10.7. The van der Waals surface area contributed by atoms with Gasteiger partial charge in [-0.3, -0.25) is 0 Å². The van der Waals surface area contributed by atoms with Crippen molar-refractivity contribution in [1.82, 2.24) is 4.90 Å². The average Bonchev–Trinajstić information content (AvgIpc) is 2.69. The lowest BCUT2D eigenvalue weighted by molar-refractivity contribution is 0.105. The second kappa shape index (κ2) is 5.58. The molecule has 1 aliphatic rings. The van der Waals surface area contributed by atoms with E-state index < -0.39 is 0 Å². The number of aliphatic hydroxyl groups excluding tert-OH is 1. The second-order valence-corrected chi connectivity index (χ2v) is 5.34. The van der Waals surface area contributed by atoms with E-state index in [0.717, 1.165) is 16.5 Å². The Hall–Kier alpha value is -1.72. The van der Waals surface area contributed by atoms with Crippen molar-refractivity contribution in [2.24, 2.45) is 0 Å². The van der Waals surface area contributed by atoms with Gasteiger partial charge in [-0.25, -0.2) is 4.79 Å². The van der Waals surface area contributed by atoms with Gasteiger partial charge in [-0.05, 0) is 31.0 Å². The molecule has 112 valence electrons. The molecule has 6 heteroatoms. The van der Waals surface area contributed by atoms with Crippen LogP contribution in [0.15, 0.2) is 16.5 Å².